The van der Waals surface area contributed by atoms with Gasteiger partial charge < -0.3 is 35.5 Å². The maximum Gasteiger partial charge on any atom is 0.326 e. The van der Waals surface area contributed by atoms with E-state index in [1.807, 2.05) is 38.1 Å². The third-order valence-electron chi connectivity index (χ3n) is 6.06. The van der Waals surface area contributed by atoms with E-state index in [0.717, 1.165) is 16.5 Å². The van der Waals surface area contributed by atoms with Crippen LogP contribution in [0.5, 0.6) is 0 Å². The number of fused-ring (bicyclic) bond motifs is 1. The van der Waals surface area contributed by atoms with Crippen molar-refractivity contribution in [2.75, 3.05) is 0 Å². The Labute approximate surface area is 214 Å². The fourth-order valence-electron chi connectivity index (χ4n) is 4.05. The van der Waals surface area contributed by atoms with E-state index >= 15 is 0 Å². The number of rotatable bonds is 12. The molecule has 1 saturated heterocycles. The van der Waals surface area contributed by atoms with E-state index in [1.54, 1.807) is 6.20 Å². The van der Waals surface area contributed by atoms with Crippen molar-refractivity contribution in [2.24, 2.45) is 5.92 Å². The highest BCUT2D eigenvalue weighted by Gasteiger charge is 2.43. The van der Waals surface area contributed by atoms with Gasteiger partial charge in [-0.3, -0.25) is 9.36 Å². The van der Waals surface area contributed by atoms with Crippen LogP contribution in [0, 0.1) is 5.92 Å². The summed E-state index contributed by atoms with van der Waals surface area (Å²) in [5.74, 6) is -1.95. The topological polar surface area (TPSA) is 200 Å². The molecule has 13 nitrogen and oxygen atoms in total. The number of carboxylic acid groups (broad SMARTS) is 1. The van der Waals surface area contributed by atoms with Crippen molar-refractivity contribution in [2.45, 2.75) is 76.4 Å². The quantitative estimate of drug-likeness (QED) is 0.111. The number of hydrogen-bond donors (Lipinski definition) is 7. The SMILES string of the molecule is CC(C)C[C@H](N[PH](=O)OO[C@H]1O[C@H](C)[C@@H](O)[C@H](O)[C@@H]1O)C(=O)N[C@@H](Cc1c[nH]c2ccccc12)C(=O)O. The molecule has 1 fully saturated rings. The van der Waals surface area contributed by atoms with Crippen LogP contribution in [0.2, 0.25) is 0 Å². The van der Waals surface area contributed by atoms with E-state index < -0.39 is 62.8 Å². The van der Waals surface area contributed by atoms with Gasteiger partial charge in [0.1, 0.15) is 24.4 Å². The second-order valence-electron chi connectivity index (χ2n) is 9.44. The zero-order valence-electron chi connectivity index (χ0n) is 20.7. The lowest BCUT2D eigenvalue weighted by Gasteiger charge is -2.37. The third-order valence-corrected chi connectivity index (χ3v) is 6.89. The average Bonchev–Trinajstić information content (AvgIpc) is 3.25. The maximum absolute atomic E-state index is 13.0. The third kappa shape index (κ3) is 7.59. The number of carbonyl (C=O) groups excluding carboxylic acids is 1. The summed E-state index contributed by atoms with van der Waals surface area (Å²) in [7, 11) is -3.25. The molecule has 1 aromatic heterocycles. The highest BCUT2D eigenvalue weighted by molar-refractivity contribution is 7.36. The summed E-state index contributed by atoms with van der Waals surface area (Å²) in [6.07, 6.45) is -5.10. The molecule has 206 valence electrons. The molecule has 0 aliphatic carbocycles. The Morgan fingerprint density at radius 1 is 1.14 bits per heavy atom. The molecule has 2 heterocycles. The molecule has 14 heteroatoms. The standard InChI is InChI=1S/C23H34N3O10P/c1-11(2)8-16(26-37(33)36-35-23-20(29)19(28)18(27)12(3)34-23)21(30)25-17(22(31)32)9-13-10-24-15-7-5-4-6-14(13)15/h4-7,10-12,16-20,23-24,27-29,37H,8-9H2,1-3H3,(H,25,30)(H,26,33)(H,31,32)/t12-,16+,17+,18-,19+,20+,23-/m1/s1. The molecule has 1 unspecified atom stereocenters. The smallest absolute Gasteiger partial charge is 0.326 e. The van der Waals surface area contributed by atoms with Gasteiger partial charge in [-0.1, -0.05) is 32.0 Å². The van der Waals surface area contributed by atoms with Crippen LogP contribution >= 0.6 is 8.18 Å². The normalized spacial score (nSPS) is 26.6. The van der Waals surface area contributed by atoms with Crippen LogP contribution in [0.3, 0.4) is 0 Å². The van der Waals surface area contributed by atoms with E-state index in [-0.39, 0.29) is 18.8 Å². The predicted octanol–water partition coefficient (Wildman–Crippen LogP) is 0.450. The van der Waals surface area contributed by atoms with E-state index in [2.05, 4.69) is 15.4 Å². The van der Waals surface area contributed by atoms with Crippen LogP contribution in [-0.2, 0) is 34.9 Å². The lowest BCUT2D eigenvalue weighted by atomic mass is 10.0. The molecular formula is C23H34N3O10P. The first-order valence-corrected chi connectivity index (χ1v) is 13.2. The molecule has 1 aliphatic rings. The molecular weight excluding hydrogens is 509 g/mol. The molecule has 0 spiro atoms. The number of aliphatic hydroxyl groups is 3. The number of carbonyl (C=O) groups is 2. The highest BCUT2D eigenvalue weighted by Crippen LogP contribution is 2.27. The van der Waals surface area contributed by atoms with Gasteiger partial charge in [0.2, 0.25) is 12.2 Å². The van der Waals surface area contributed by atoms with E-state index in [1.165, 1.54) is 6.92 Å². The molecule has 7 N–H and O–H groups in total. The molecule has 0 bridgehead atoms. The average molecular weight is 544 g/mol. The molecule has 1 aliphatic heterocycles. The van der Waals surface area contributed by atoms with Gasteiger partial charge in [0.25, 0.3) is 8.18 Å². The minimum Gasteiger partial charge on any atom is -0.480 e. The number of ether oxygens (including phenoxy) is 1. The number of aromatic nitrogens is 1. The highest BCUT2D eigenvalue weighted by atomic mass is 31.1. The Hall–Kier alpha value is -2.35. The summed E-state index contributed by atoms with van der Waals surface area (Å²) in [6.45, 7) is 5.10. The van der Waals surface area contributed by atoms with Crippen LogP contribution in [0.15, 0.2) is 30.5 Å². The van der Waals surface area contributed by atoms with E-state index in [0.29, 0.717) is 0 Å². The van der Waals surface area contributed by atoms with Crippen LogP contribution in [0.25, 0.3) is 10.9 Å². The van der Waals surface area contributed by atoms with E-state index in [4.69, 9.17) is 14.3 Å². The molecule has 0 saturated carbocycles. The van der Waals surface area contributed by atoms with Crippen LogP contribution < -0.4 is 10.4 Å². The molecule has 3 rings (SSSR count). The second kappa shape index (κ2) is 12.9. The molecule has 1 amide bonds. The second-order valence-corrected chi connectivity index (χ2v) is 10.5. The van der Waals surface area contributed by atoms with Crippen molar-refractivity contribution in [1.29, 1.82) is 0 Å². The zero-order chi connectivity index (χ0) is 27.3. The maximum atomic E-state index is 13.0. The van der Waals surface area contributed by atoms with Crippen molar-refractivity contribution in [3.05, 3.63) is 36.0 Å². The van der Waals surface area contributed by atoms with Crippen LogP contribution in [-0.4, -0.2) is 80.1 Å². The number of carboxylic acids is 1. The van der Waals surface area contributed by atoms with Gasteiger partial charge in [-0.2, -0.15) is 9.56 Å². The zero-order valence-corrected chi connectivity index (χ0v) is 21.7. The Kier molecular flexibility index (Phi) is 10.2. The first-order chi connectivity index (χ1) is 17.5. The number of aliphatic hydroxyl groups excluding tert-OH is 3. The first kappa shape index (κ1) is 29.2. The predicted molar refractivity (Wildman–Crippen MR) is 131 cm³/mol. The van der Waals surface area contributed by atoms with Crippen molar-refractivity contribution in [3.8, 4) is 0 Å². The number of hydrogen-bond acceptors (Lipinski definition) is 9. The number of benzene rings is 1. The Morgan fingerprint density at radius 3 is 2.51 bits per heavy atom. The van der Waals surface area contributed by atoms with Gasteiger partial charge in [-0.15, -0.1) is 0 Å². The lowest BCUT2D eigenvalue weighted by Crippen LogP contribution is -2.57. The number of nitrogens with one attached hydrogen (secondary N) is 3. The summed E-state index contributed by atoms with van der Waals surface area (Å²) in [5.41, 5.74) is 1.56. The Morgan fingerprint density at radius 2 is 1.84 bits per heavy atom. The number of para-hydroxylation sites is 1. The van der Waals surface area contributed by atoms with Gasteiger partial charge >= 0.3 is 5.97 Å². The van der Waals surface area contributed by atoms with Gasteiger partial charge in [0.15, 0.2) is 0 Å². The molecule has 8 atom stereocenters. The van der Waals surface area contributed by atoms with Crippen LogP contribution in [0.4, 0.5) is 0 Å². The fourth-order valence-corrected chi connectivity index (χ4v) is 4.81. The van der Waals surface area contributed by atoms with Gasteiger partial charge in [-0.25, -0.2) is 9.88 Å². The molecule has 37 heavy (non-hydrogen) atoms. The minimum atomic E-state index is -3.25. The summed E-state index contributed by atoms with van der Waals surface area (Å²) >= 11 is 0. The molecule has 0 radical (unpaired) electrons. The lowest BCUT2D eigenvalue weighted by molar-refractivity contribution is -0.382. The summed E-state index contributed by atoms with van der Waals surface area (Å²) in [4.78, 5) is 32.9. The van der Waals surface area contributed by atoms with Gasteiger partial charge in [0.05, 0.1) is 12.1 Å². The fraction of sp³-hybridized carbons (Fsp3) is 0.565. The largest absolute Gasteiger partial charge is 0.480 e. The first-order valence-electron chi connectivity index (χ1n) is 11.9. The van der Waals surface area contributed by atoms with Crippen molar-refractivity contribution in [3.63, 3.8) is 0 Å². The summed E-state index contributed by atoms with van der Waals surface area (Å²) < 4.78 is 22.5. The Bertz CT molecular complexity index is 1100. The minimum absolute atomic E-state index is 0.0253. The van der Waals surface area contributed by atoms with Gasteiger partial charge in [-0.05, 0) is 30.9 Å². The Balaban J connectivity index is 1.62. The monoisotopic (exact) mass is 543 g/mol. The van der Waals surface area contributed by atoms with Gasteiger partial charge in [0, 0.05) is 23.5 Å². The van der Waals surface area contributed by atoms with Crippen LogP contribution in [0.1, 0.15) is 32.8 Å². The number of aliphatic carboxylic acids is 1. The summed E-state index contributed by atoms with van der Waals surface area (Å²) in [5, 5.41) is 45.1. The van der Waals surface area contributed by atoms with Crippen molar-refractivity contribution >= 4 is 31.0 Å². The van der Waals surface area contributed by atoms with E-state index in [9.17, 15) is 34.6 Å². The number of aromatic amines is 1. The number of amides is 1. The molecule has 1 aromatic carbocycles. The molecule has 2 aromatic rings. The van der Waals surface area contributed by atoms with Crippen molar-refractivity contribution < 1.29 is 48.9 Å². The van der Waals surface area contributed by atoms with Crippen molar-refractivity contribution in [1.82, 2.24) is 15.4 Å². The number of H-pyrrole nitrogens is 1. The summed E-state index contributed by atoms with van der Waals surface area (Å²) in [6, 6.07) is 5.06.